The molecule has 0 aliphatic carbocycles. The normalized spacial score (nSPS) is 19.7. The van der Waals surface area contributed by atoms with E-state index in [0.717, 1.165) is 25.1 Å². The zero-order chi connectivity index (χ0) is 13.0. The number of hydrogen-bond acceptors (Lipinski definition) is 3. The summed E-state index contributed by atoms with van der Waals surface area (Å²) in [6.45, 7) is 3.70. The van der Waals surface area contributed by atoms with Crippen LogP contribution < -0.4 is 4.90 Å². The fraction of sp³-hybridized carbons (Fsp3) is 0.500. The van der Waals surface area contributed by atoms with Crippen molar-refractivity contribution in [3.8, 4) is 0 Å². The Morgan fingerprint density at radius 2 is 2.39 bits per heavy atom. The minimum Gasteiger partial charge on any atom is -0.466 e. The largest absolute Gasteiger partial charge is 0.466 e. The first-order chi connectivity index (χ1) is 8.70. The minimum absolute atomic E-state index is 0.0954. The predicted molar refractivity (Wildman–Crippen MR) is 68.0 cm³/mol. The molecule has 0 amide bonds. The van der Waals surface area contributed by atoms with E-state index < -0.39 is 0 Å². The molecule has 3 nitrogen and oxygen atoms in total. The molecule has 2 rings (SSSR count). The molecule has 0 radical (unpaired) electrons. The van der Waals surface area contributed by atoms with Gasteiger partial charge in [-0.15, -0.1) is 0 Å². The third-order valence-corrected chi connectivity index (χ3v) is 3.21. The molecule has 18 heavy (non-hydrogen) atoms. The SMILES string of the molecule is CCOC(=O)C1CCCN(c2cccc(F)c2)C1. The standard InChI is InChI=1S/C14H18FNO2/c1-2-18-14(17)11-5-4-8-16(10-11)13-7-3-6-12(15)9-13/h3,6-7,9,11H,2,4-5,8,10H2,1H3. The Balaban J connectivity index is 2.04. The van der Waals surface area contributed by atoms with E-state index >= 15 is 0 Å². The van der Waals surface area contributed by atoms with Crippen molar-refractivity contribution in [3.05, 3.63) is 30.1 Å². The molecule has 1 saturated heterocycles. The summed E-state index contributed by atoms with van der Waals surface area (Å²) in [6.07, 6.45) is 1.78. The van der Waals surface area contributed by atoms with Crippen LogP contribution >= 0.6 is 0 Å². The van der Waals surface area contributed by atoms with E-state index in [-0.39, 0.29) is 17.7 Å². The quantitative estimate of drug-likeness (QED) is 0.773. The van der Waals surface area contributed by atoms with Crippen molar-refractivity contribution < 1.29 is 13.9 Å². The van der Waals surface area contributed by atoms with E-state index in [1.807, 2.05) is 17.9 Å². The first kappa shape index (κ1) is 12.9. The highest BCUT2D eigenvalue weighted by Gasteiger charge is 2.26. The Morgan fingerprint density at radius 3 is 3.11 bits per heavy atom. The van der Waals surface area contributed by atoms with Gasteiger partial charge in [0.25, 0.3) is 0 Å². The van der Waals surface area contributed by atoms with Gasteiger partial charge in [-0.3, -0.25) is 4.79 Å². The number of halogens is 1. The fourth-order valence-electron chi connectivity index (χ4n) is 2.34. The molecule has 0 saturated carbocycles. The second kappa shape index (κ2) is 5.85. The summed E-state index contributed by atoms with van der Waals surface area (Å²) in [5.41, 5.74) is 0.837. The molecule has 1 unspecified atom stereocenters. The molecule has 1 aliphatic heterocycles. The van der Waals surface area contributed by atoms with Crippen LogP contribution in [0.5, 0.6) is 0 Å². The Bertz CT molecular complexity index is 422. The van der Waals surface area contributed by atoms with Crippen LogP contribution in [0.2, 0.25) is 0 Å². The van der Waals surface area contributed by atoms with Crippen molar-refractivity contribution in [2.45, 2.75) is 19.8 Å². The highest BCUT2D eigenvalue weighted by molar-refractivity contribution is 5.73. The summed E-state index contributed by atoms with van der Waals surface area (Å²) in [5, 5.41) is 0. The third-order valence-electron chi connectivity index (χ3n) is 3.21. The van der Waals surface area contributed by atoms with E-state index in [0.29, 0.717) is 13.2 Å². The van der Waals surface area contributed by atoms with E-state index in [4.69, 9.17) is 4.74 Å². The molecule has 1 fully saturated rings. The summed E-state index contributed by atoms with van der Waals surface area (Å²) in [7, 11) is 0. The number of benzene rings is 1. The first-order valence-corrected chi connectivity index (χ1v) is 6.38. The molecular weight excluding hydrogens is 233 g/mol. The zero-order valence-corrected chi connectivity index (χ0v) is 10.6. The van der Waals surface area contributed by atoms with Gasteiger partial charge in [0.2, 0.25) is 0 Å². The van der Waals surface area contributed by atoms with Crippen LogP contribution in [0.15, 0.2) is 24.3 Å². The minimum atomic E-state index is -0.245. The van der Waals surface area contributed by atoms with Gasteiger partial charge >= 0.3 is 5.97 Å². The number of carbonyl (C=O) groups is 1. The monoisotopic (exact) mass is 251 g/mol. The van der Waals surface area contributed by atoms with Gasteiger partial charge in [0.05, 0.1) is 12.5 Å². The lowest BCUT2D eigenvalue weighted by atomic mass is 9.97. The maximum atomic E-state index is 13.2. The Kier molecular flexibility index (Phi) is 4.18. The zero-order valence-electron chi connectivity index (χ0n) is 10.6. The summed E-state index contributed by atoms with van der Waals surface area (Å²) in [6, 6.07) is 6.50. The lowest BCUT2D eigenvalue weighted by Gasteiger charge is -2.33. The molecule has 0 spiro atoms. The lowest BCUT2D eigenvalue weighted by Crippen LogP contribution is -2.39. The van der Waals surface area contributed by atoms with Crippen LogP contribution in [0, 0.1) is 11.7 Å². The van der Waals surface area contributed by atoms with Gasteiger partial charge in [-0.05, 0) is 38.0 Å². The number of hydrogen-bond donors (Lipinski definition) is 0. The number of nitrogens with zero attached hydrogens (tertiary/aromatic N) is 1. The van der Waals surface area contributed by atoms with E-state index in [1.54, 1.807) is 6.07 Å². The second-order valence-corrected chi connectivity index (χ2v) is 4.52. The Hall–Kier alpha value is -1.58. The molecule has 0 bridgehead atoms. The molecule has 1 aliphatic rings. The van der Waals surface area contributed by atoms with Crippen LogP contribution in [0.3, 0.4) is 0 Å². The number of anilines is 1. The summed E-state index contributed by atoms with van der Waals surface area (Å²) in [5.74, 6) is -0.480. The Labute approximate surface area is 107 Å². The van der Waals surface area contributed by atoms with Gasteiger partial charge in [-0.1, -0.05) is 6.07 Å². The molecule has 1 heterocycles. The van der Waals surface area contributed by atoms with Crippen molar-refractivity contribution in [1.29, 1.82) is 0 Å². The first-order valence-electron chi connectivity index (χ1n) is 6.38. The van der Waals surface area contributed by atoms with Crippen molar-refractivity contribution in [1.82, 2.24) is 0 Å². The average molecular weight is 251 g/mol. The second-order valence-electron chi connectivity index (χ2n) is 4.52. The van der Waals surface area contributed by atoms with Crippen LogP contribution in [0.4, 0.5) is 10.1 Å². The van der Waals surface area contributed by atoms with Gasteiger partial charge in [0.15, 0.2) is 0 Å². The average Bonchev–Trinajstić information content (AvgIpc) is 2.39. The van der Waals surface area contributed by atoms with E-state index in [2.05, 4.69) is 0 Å². The van der Waals surface area contributed by atoms with Crippen LogP contribution in [0.1, 0.15) is 19.8 Å². The number of esters is 1. The predicted octanol–water partition coefficient (Wildman–Crippen LogP) is 2.61. The van der Waals surface area contributed by atoms with Gasteiger partial charge in [0.1, 0.15) is 5.82 Å². The van der Waals surface area contributed by atoms with Crippen molar-refractivity contribution in [3.63, 3.8) is 0 Å². The third kappa shape index (κ3) is 3.00. The molecule has 0 aromatic heterocycles. The molecule has 98 valence electrons. The van der Waals surface area contributed by atoms with Gasteiger partial charge in [0, 0.05) is 18.8 Å². The highest BCUT2D eigenvalue weighted by atomic mass is 19.1. The number of ether oxygens (including phenoxy) is 1. The maximum absolute atomic E-state index is 13.2. The van der Waals surface area contributed by atoms with Crippen LogP contribution in [-0.2, 0) is 9.53 Å². The van der Waals surface area contributed by atoms with E-state index in [1.165, 1.54) is 12.1 Å². The lowest BCUT2D eigenvalue weighted by molar-refractivity contribution is -0.148. The molecule has 1 aromatic carbocycles. The fourth-order valence-corrected chi connectivity index (χ4v) is 2.34. The molecule has 1 aromatic rings. The topological polar surface area (TPSA) is 29.5 Å². The number of piperidine rings is 1. The molecule has 1 atom stereocenters. The van der Waals surface area contributed by atoms with Crippen LogP contribution in [0.25, 0.3) is 0 Å². The summed E-state index contributed by atoms with van der Waals surface area (Å²) < 4.78 is 18.2. The molecule has 0 N–H and O–H groups in total. The van der Waals surface area contributed by atoms with Crippen molar-refractivity contribution in [2.24, 2.45) is 5.92 Å². The number of rotatable bonds is 3. The van der Waals surface area contributed by atoms with Crippen molar-refractivity contribution >= 4 is 11.7 Å². The van der Waals surface area contributed by atoms with Gasteiger partial charge in [-0.2, -0.15) is 0 Å². The van der Waals surface area contributed by atoms with Gasteiger partial charge in [-0.25, -0.2) is 4.39 Å². The molecular formula is C14H18FNO2. The summed E-state index contributed by atoms with van der Waals surface area (Å²) in [4.78, 5) is 13.8. The Morgan fingerprint density at radius 1 is 1.56 bits per heavy atom. The maximum Gasteiger partial charge on any atom is 0.310 e. The smallest absolute Gasteiger partial charge is 0.310 e. The summed E-state index contributed by atoms with van der Waals surface area (Å²) >= 11 is 0. The van der Waals surface area contributed by atoms with Crippen LogP contribution in [-0.4, -0.2) is 25.7 Å². The van der Waals surface area contributed by atoms with E-state index in [9.17, 15) is 9.18 Å². The highest BCUT2D eigenvalue weighted by Crippen LogP contribution is 2.24. The number of carbonyl (C=O) groups excluding carboxylic acids is 1. The van der Waals surface area contributed by atoms with Crippen molar-refractivity contribution in [2.75, 3.05) is 24.6 Å². The van der Waals surface area contributed by atoms with Gasteiger partial charge < -0.3 is 9.64 Å². The molecule has 4 heteroatoms.